The van der Waals surface area contributed by atoms with E-state index in [1.54, 1.807) is 42.5 Å². The van der Waals surface area contributed by atoms with Gasteiger partial charge in [0, 0.05) is 5.69 Å². The predicted octanol–water partition coefficient (Wildman–Crippen LogP) is 3.22. The first-order valence-corrected chi connectivity index (χ1v) is 10.4. The number of ether oxygens (including phenoxy) is 1. The highest BCUT2D eigenvalue weighted by molar-refractivity contribution is 7.92. The largest absolute Gasteiger partial charge is 0.490 e. The molecule has 0 unspecified atom stereocenters. The van der Waals surface area contributed by atoms with Crippen LogP contribution in [-0.4, -0.2) is 33.7 Å². The number of nitrogens with zero attached hydrogens (tertiary/aromatic N) is 1. The van der Waals surface area contributed by atoms with Crippen LogP contribution in [-0.2, 0) is 21.2 Å². The Labute approximate surface area is 160 Å². The summed E-state index contributed by atoms with van der Waals surface area (Å²) >= 11 is 0. The molecule has 1 amide bonds. The topological polar surface area (TPSA) is 75.7 Å². The Bertz CT molecular complexity index is 875. The standard InChI is InChI=1S/C20H24N2O4S/c1-4-14-26-19-12-8-17(9-13-19)21-20(23)15-22(27(3,24)25)18-10-6-16(5-2)7-11-18/h4,6-13H,1,5,14-15H2,2-3H3,(H,21,23). The molecule has 0 saturated heterocycles. The lowest BCUT2D eigenvalue weighted by Gasteiger charge is -2.22. The molecule has 0 heterocycles. The lowest BCUT2D eigenvalue weighted by molar-refractivity contribution is -0.114. The van der Waals surface area contributed by atoms with Crippen LogP contribution in [0, 0.1) is 0 Å². The van der Waals surface area contributed by atoms with Crippen LogP contribution in [0.15, 0.2) is 61.2 Å². The van der Waals surface area contributed by atoms with Crippen LogP contribution in [0.4, 0.5) is 11.4 Å². The second kappa shape index (κ2) is 9.23. The van der Waals surface area contributed by atoms with Gasteiger partial charge in [0.2, 0.25) is 15.9 Å². The van der Waals surface area contributed by atoms with E-state index in [1.165, 1.54) is 0 Å². The first-order chi connectivity index (χ1) is 12.8. The van der Waals surface area contributed by atoms with Gasteiger partial charge in [0.15, 0.2) is 0 Å². The molecule has 0 aromatic heterocycles. The summed E-state index contributed by atoms with van der Waals surface area (Å²) in [5, 5.41) is 2.70. The van der Waals surface area contributed by atoms with E-state index in [9.17, 15) is 13.2 Å². The number of carbonyl (C=O) groups is 1. The zero-order valence-electron chi connectivity index (χ0n) is 15.5. The first-order valence-electron chi connectivity index (χ1n) is 8.53. The van der Waals surface area contributed by atoms with Crippen LogP contribution in [0.3, 0.4) is 0 Å². The number of rotatable bonds is 9. The summed E-state index contributed by atoms with van der Waals surface area (Å²) in [6.45, 7) is 5.69. The van der Waals surface area contributed by atoms with Crippen molar-refractivity contribution < 1.29 is 17.9 Å². The van der Waals surface area contributed by atoms with Gasteiger partial charge < -0.3 is 10.1 Å². The molecule has 0 atom stereocenters. The molecule has 0 saturated carbocycles. The van der Waals surface area contributed by atoms with Crippen molar-refractivity contribution in [3.05, 3.63) is 66.7 Å². The number of amides is 1. The monoisotopic (exact) mass is 388 g/mol. The number of anilines is 2. The Hall–Kier alpha value is -2.80. The summed E-state index contributed by atoms with van der Waals surface area (Å²) in [6, 6.07) is 13.9. The molecular formula is C20H24N2O4S. The molecular weight excluding hydrogens is 364 g/mol. The average Bonchev–Trinajstić information content (AvgIpc) is 2.65. The normalized spacial score (nSPS) is 10.9. The molecule has 6 nitrogen and oxygen atoms in total. The van der Waals surface area contributed by atoms with Gasteiger partial charge in [-0.05, 0) is 48.4 Å². The van der Waals surface area contributed by atoms with E-state index in [-0.39, 0.29) is 6.54 Å². The summed E-state index contributed by atoms with van der Waals surface area (Å²) < 4.78 is 30.8. The van der Waals surface area contributed by atoms with Crippen molar-refractivity contribution in [1.29, 1.82) is 0 Å². The van der Waals surface area contributed by atoms with Crippen molar-refractivity contribution in [2.75, 3.05) is 29.0 Å². The third-order valence-electron chi connectivity index (χ3n) is 3.83. The van der Waals surface area contributed by atoms with Crippen LogP contribution in [0.5, 0.6) is 5.75 Å². The number of hydrogen-bond donors (Lipinski definition) is 1. The third kappa shape index (κ3) is 6.14. The van der Waals surface area contributed by atoms with Gasteiger partial charge in [-0.25, -0.2) is 8.42 Å². The van der Waals surface area contributed by atoms with Crippen LogP contribution < -0.4 is 14.4 Å². The molecule has 0 radical (unpaired) electrons. The lowest BCUT2D eigenvalue weighted by Crippen LogP contribution is -2.37. The second-order valence-electron chi connectivity index (χ2n) is 5.96. The maximum absolute atomic E-state index is 12.4. The van der Waals surface area contributed by atoms with Crippen LogP contribution in [0.1, 0.15) is 12.5 Å². The smallest absolute Gasteiger partial charge is 0.245 e. The average molecular weight is 388 g/mol. The molecule has 0 aliphatic carbocycles. The van der Waals surface area contributed by atoms with Gasteiger partial charge in [0.05, 0.1) is 11.9 Å². The second-order valence-corrected chi connectivity index (χ2v) is 7.87. The first kappa shape index (κ1) is 20.5. The molecule has 1 N–H and O–H groups in total. The van der Waals surface area contributed by atoms with Crippen LogP contribution in [0.2, 0.25) is 0 Å². The van der Waals surface area contributed by atoms with Crippen molar-refractivity contribution in [2.45, 2.75) is 13.3 Å². The Kier molecular flexibility index (Phi) is 7.01. The molecule has 0 bridgehead atoms. The van der Waals surface area contributed by atoms with Gasteiger partial charge in [-0.2, -0.15) is 0 Å². The fourth-order valence-electron chi connectivity index (χ4n) is 2.42. The molecule has 27 heavy (non-hydrogen) atoms. The molecule has 7 heteroatoms. The minimum absolute atomic E-state index is 0.307. The molecule has 0 fully saturated rings. The van der Waals surface area contributed by atoms with Crippen LogP contribution in [0.25, 0.3) is 0 Å². The summed E-state index contributed by atoms with van der Waals surface area (Å²) in [6.07, 6.45) is 3.58. The SMILES string of the molecule is C=CCOc1ccc(NC(=O)CN(c2ccc(CC)cc2)S(C)(=O)=O)cc1. The third-order valence-corrected chi connectivity index (χ3v) is 4.97. The molecule has 0 aliphatic rings. The van der Waals surface area contributed by atoms with Gasteiger partial charge in [-0.1, -0.05) is 31.7 Å². The molecule has 2 aromatic rings. The highest BCUT2D eigenvalue weighted by Gasteiger charge is 2.20. The lowest BCUT2D eigenvalue weighted by atomic mass is 10.1. The highest BCUT2D eigenvalue weighted by atomic mass is 32.2. The Balaban J connectivity index is 2.08. The zero-order valence-corrected chi connectivity index (χ0v) is 16.3. The minimum Gasteiger partial charge on any atom is -0.490 e. The van der Waals surface area contributed by atoms with Crippen molar-refractivity contribution in [3.8, 4) is 5.75 Å². The maximum atomic E-state index is 12.4. The van der Waals surface area contributed by atoms with E-state index in [0.717, 1.165) is 22.5 Å². The molecule has 0 spiro atoms. The summed E-state index contributed by atoms with van der Waals surface area (Å²) in [4.78, 5) is 12.4. The van der Waals surface area contributed by atoms with Gasteiger partial charge in [-0.3, -0.25) is 9.10 Å². The summed E-state index contributed by atoms with van der Waals surface area (Å²) in [5.74, 6) is 0.224. The van der Waals surface area contributed by atoms with Crippen molar-refractivity contribution in [1.82, 2.24) is 0 Å². The highest BCUT2D eigenvalue weighted by Crippen LogP contribution is 2.20. The van der Waals surface area contributed by atoms with Gasteiger partial charge in [0.1, 0.15) is 18.9 Å². The van der Waals surface area contributed by atoms with E-state index in [1.807, 2.05) is 19.1 Å². The predicted molar refractivity (Wildman–Crippen MR) is 109 cm³/mol. The molecule has 0 aliphatic heterocycles. The number of carbonyl (C=O) groups excluding carboxylic acids is 1. The minimum atomic E-state index is -3.60. The van der Waals surface area contributed by atoms with E-state index in [4.69, 9.17) is 4.74 Å². The number of sulfonamides is 1. The van der Waals surface area contributed by atoms with Crippen LogP contribution >= 0.6 is 0 Å². The molecule has 2 aromatic carbocycles. The number of nitrogens with one attached hydrogen (secondary N) is 1. The summed E-state index contributed by atoms with van der Waals surface area (Å²) in [7, 11) is -3.60. The zero-order chi connectivity index (χ0) is 19.9. The Morgan fingerprint density at radius 3 is 2.30 bits per heavy atom. The summed E-state index contributed by atoms with van der Waals surface area (Å²) in [5.41, 5.74) is 2.11. The van der Waals surface area contributed by atoms with Crippen molar-refractivity contribution >= 4 is 27.3 Å². The van der Waals surface area contributed by atoms with E-state index in [0.29, 0.717) is 23.7 Å². The maximum Gasteiger partial charge on any atom is 0.245 e. The van der Waals surface area contributed by atoms with Crippen molar-refractivity contribution in [3.63, 3.8) is 0 Å². The quantitative estimate of drug-likeness (QED) is 0.669. The van der Waals surface area contributed by atoms with Gasteiger partial charge in [0.25, 0.3) is 0 Å². The van der Waals surface area contributed by atoms with E-state index >= 15 is 0 Å². The van der Waals surface area contributed by atoms with Crippen molar-refractivity contribution in [2.24, 2.45) is 0 Å². The van der Waals surface area contributed by atoms with E-state index < -0.39 is 15.9 Å². The number of hydrogen-bond acceptors (Lipinski definition) is 4. The van der Waals surface area contributed by atoms with Gasteiger partial charge >= 0.3 is 0 Å². The fourth-order valence-corrected chi connectivity index (χ4v) is 3.27. The molecule has 144 valence electrons. The van der Waals surface area contributed by atoms with E-state index in [2.05, 4.69) is 11.9 Å². The molecule has 2 rings (SSSR count). The Morgan fingerprint density at radius 1 is 1.15 bits per heavy atom. The number of benzene rings is 2. The fraction of sp³-hybridized carbons (Fsp3) is 0.250. The number of aryl methyl sites for hydroxylation is 1. The van der Waals surface area contributed by atoms with Gasteiger partial charge in [-0.15, -0.1) is 0 Å². The Morgan fingerprint density at radius 2 is 1.78 bits per heavy atom.